The Morgan fingerprint density at radius 2 is 1.85 bits per heavy atom. The minimum absolute atomic E-state index is 0.224. The zero-order valence-electron chi connectivity index (χ0n) is 15.4. The normalized spacial score (nSPS) is 23.8. The lowest BCUT2D eigenvalue weighted by Crippen LogP contribution is -2.23. The Balaban J connectivity index is 1.66. The van der Waals surface area contributed by atoms with Gasteiger partial charge in [-0.05, 0) is 43.6 Å². The number of carbonyl (C=O) groups is 1. The molecular weight excluding hydrogens is 348 g/mol. The number of rotatable bonds is 12. The summed E-state index contributed by atoms with van der Waals surface area (Å²) >= 11 is 1.81. The smallest absolute Gasteiger partial charge is 0.303 e. The summed E-state index contributed by atoms with van der Waals surface area (Å²) < 4.78 is 0. The van der Waals surface area contributed by atoms with Crippen molar-refractivity contribution in [3.63, 3.8) is 0 Å². The molecule has 0 radical (unpaired) electrons. The van der Waals surface area contributed by atoms with E-state index in [2.05, 4.69) is 0 Å². The first-order chi connectivity index (χ1) is 12.6. The summed E-state index contributed by atoms with van der Waals surface area (Å²) in [5, 5.41) is 29.7. The summed E-state index contributed by atoms with van der Waals surface area (Å²) in [5.41, 5.74) is 1.16. The zero-order valence-corrected chi connectivity index (χ0v) is 16.2. The van der Waals surface area contributed by atoms with E-state index in [0.29, 0.717) is 23.3 Å². The van der Waals surface area contributed by atoms with E-state index in [-0.39, 0.29) is 18.6 Å². The van der Waals surface area contributed by atoms with Gasteiger partial charge in [-0.3, -0.25) is 4.79 Å². The van der Waals surface area contributed by atoms with Crippen LogP contribution in [0.4, 0.5) is 0 Å². The van der Waals surface area contributed by atoms with Gasteiger partial charge in [0, 0.05) is 17.4 Å². The van der Waals surface area contributed by atoms with Gasteiger partial charge in [0.25, 0.3) is 0 Å². The van der Waals surface area contributed by atoms with Gasteiger partial charge in [-0.15, -0.1) is 0 Å². The molecule has 0 aromatic heterocycles. The third kappa shape index (κ3) is 7.68. The number of thioether (sulfide) groups is 1. The van der Waals surface area contributed by atoms with E-state index in [1.165, 1.54) is 0 Å². The lowest BCUT2D eigenvalue weighted by Gasteiger charge is -2.23. The Morgan fingerprint density at radius 1 is 1.12 bits per heavy atom. The van der Waals surface area contributed by atoms with Crippen molar-refractivity contribution in [3.05, 3.63) is 35.9 Å². The molecule has 4 atom stereocenters. The minimum Gasteiger partial charge on any atom is -0.481 e. The first-order valence-corrected chi connectivity index (χ1v) is 10.8. The minimum atomic E-state index is -0.721. The van der Waals surface area contributed by atoms with Crippen molar-refractivity contribution in [2.75, 3.05) is 5.75 Å². The van der Waals surface area contributed by atoms with Crippen LogP contribution in [0.3, 0.4) is 0 Å². The summed E-state index contributed by atoms with van der Waals surface area (Å²) in [6, 6.07) is 10.1. The number of benzene rings is 1. The van der Waals surface area contributed by atoms with Crippen molar-refractivity contribution in [3.8, 4) is 0 Å². The lowest BCUT2D eigenvalue weighted by molar-refractivity contribution is -0.137. The number of unbranched alkanes of at least 4 members (excludes halogenated alkanes) is 3. The fourth-order valence-corrected chi connectivity index (χ4v) is 5.24. The van der Waals surface area contributed by atoms with Gasteiger partial charge in [0.05, 0.1) is 12.2 Å². The molecule has 1 aromatic rings. The van der Waals surface area contributed by atoms with Gasteiger partial charge in [0.15, 0.2) is 0 Å². The highest BCUT2D eigenvalue weighted by Crippen LogP contribution is 2.38. The van der Waals surface area contributed by atoms with Gasteiger partial charge in [-0.2, -0.15) is 11.8 Å². The molecule has 1 fully saturated rings. The van der Waals surface area contributed by atoms with Crippen LogP contribution < -0.4 is 0 Å². The predicted octanol–water partition coefficient (Wildman–Crippen LogP) is 3.89. The Bertz CT molecular complexity index is 522. The van der Waals surface area contributed by atoms with Crippen LogP contribution in [0.1, 0.15) is 56.9 Å². The van der Waals surface area contributed by atoms with Gasteiger partial charge in [0.2, 0.25) is 0 Å². The van der Waals surface area contributed by atoms with Crippen molar-refractivity contribution in [2.24, 2.45) is 5.92 Å². The van der Waals surface area contributed by atoms with Gasteiger partial charge in [-0.1, -0.05) is 49.6 Å². The molecule has 0 aliphatic heterocycles. The number of aliphatic hydroxyl groups is 2. The summed E-state index contributed by atoms with van der Waals surface area (Å²) in [5.74, 6) is 0.298. The Kier molecular flexibility index (Phi) is 9.51. The third-order valence-corrected chi connectivity index (χ3v) is 6.80. The average molecular weight is 381 g/mol. The molecule has 5 heteroatoms. The highest BCUT2D eigenvalue weighted by Gasteiger charge is 2.34. The van der Waals surface area contributed by atoms with E-state index >= 15 is 0 Å². The van der Waals surface area contributed by atoms with Crippen molar-refractivity contribution < 1.29 is 20.1 Å². The molecule has 1 aliphatic rings. The number of carboxylic acids is 1. The number of hydrogen-bond acceptors (Lipinski definition) is 4. The second kappa shape index (κ2) is 11.6. The molecule has 26 heavy (non-hydrogen) atoms. The molecular formula is C21H32O4S. The van der Waals surface area contributed by atoms with Crippen molar-refractivity contribution in [1.29, 1.82) is 0 Å². The van der Waals surface area contributed by atoms with Gasteiger partial charge in [0.1, 0.15) is 0 Å². The van der Waals surface area contributed by atoms with Crippen LogP contribution in [-0.2, 0) is 11.2 Å². The third-order valence-electron chi connectivity index (χ3n) is 5.21. The molecule has 146 valence electrons. The molecule has 0 bridgehead atoms. The number of aliphatic hydroxyl groups excluding tert-OH is 2. The molecule has 1 aromatic carbocycles. The van der Waals surface area contributed by atoms with Crippen LogP contribution in [0, 0.1) is 5.92 Å². The lowest BCUT2D eigenvalue weighted by atomic mass is 9.97. The van der Waals surface area contributed by atoms with Crippen molar-refractivity contribution >= 4 is 17.7 Å². The average Bonchev–Trinajstić information content (AvgIpc) is 2.97. The second-order valence-electron chi connectivity index (χ2n) is 7.37. The van der Waals surface area contributed by atoms with Crippen LogP contribution in [0.25, 0.3) is 0 Å². The Morgan fingerprint density at radius 3 is 2.58 bits per heavy atom. The van der Waals surface area contributed by atoms with E-state index in [9.17, 15) is 15.0 Å². The van der Waals surface area contributed by atoms with Gasteiger partial charge < -0.3 is 15.3 Å². The molecule has 3 N–H and O–H groups in total. The molecule has 4 unspecified atom stereocenters. The largest absolute Gasteiger partial charge is 0.481 e. The van der Waals surface area contributed by atoms with Crippen LogP contribution in [-0.4, -0.2) is 44.5 Å². The summed E-state index contributed by atoms with van der Waals surface area (Å²) in [7, 11) is 0. The highest BCUT2D eigenvalue weighted by molar-refractivity contribution is 7.99. The highest BCUT2D eigenvalue weighted by atomic mass is 32.2. The maximum atomic E-state index is 10.5. The van der Waals surface area contributed by atoms with E-state index < -0.39 is 5.97 Å². The van der Waals surface area contributed by atoms with Crippen LogP contribution >= 0.6 is 11.8 Å². The van der Waals surface area contributed by atoms with E-state index in [1.807, 2.05) is 42.1 Å². The SMILES string of the molecule is O=C(O)CCCCCCC1C(O)CCC1SCC(O)Cc1ccccc1. The maximum Gasteiger partial charge on any atom is 0.303 e. The summed E-state index contributed by atoms with van der Waals surface area (Å²) in [6.45, 7) is 0. The zero-order chi connectivity index (χ0) is 18.8. The monoisotopic (exact) mass is 380 g/mol. The molecule has 0 amide bonds. The number of hydrogen-bond donors (Lipinski definition) is 3. The predicted molar refractivity (Wildman–Crippen MR) is 106 cm³/mol. The molecule has 0 heterocycles. The second-order valence-corrected chi connectivity index (χ2v) is 8.64. The van der Waals surface area contributed by atoms with E-state index in [0.717, 1.165) is 50.5 Å². The first kappa shape index (κ1) is 21.3. The fourth-order valence-electron chi connectivity index (χ4n) is 3.79. The molecule has 4 nitrogen and oxygen atoms in total. The van der Waals surface area contributed by atoms with Crippen LogP contribution in [0.5, 0.6) is 0 Å². The number of carboxylic acid groups (broad SMARTS) is 1. The quantitative estimate of drug-likeness (QED) is 0.480. The van der Waals surface area contributed by atoms with Crippen molar-refractivity contribution in [1.82, 2.24) is 0 Å². The molecule has 1 aliphatic carbocycles. The fraction of sp³-hybridized carbons (Fsp3) is 0.667. The first-order valence-electron chi connectivity index (χ1n) is 9.79. The molecule has 0 spiro atoms. The Labute approximate surface area is 161 Å². The molecule has 0 saturated heterocycles. The number of aliphatic carboxylic acids is 1. The van der Waals surface area contributed by atoms with Crippen LogP contribution in [0.15, 0.2) is 30.3 Å². The van der Waals surface area contributed by atoms with Crippen molar-refractivity contribution in [2.45, 2.75) is 75.2 Å². The van der Waals surface area contributed by atoms with Gasteiger partial charge >= 0.3 is 5.97 Å². The maximum absolute atomic E-state index is 10.5. The molecule has 1 saturated carbocycles. The topological polar surface area (TPSA) is 77.8 Å². The standard InChI is InChI=1S/C21H32O4S/c22-17(14-16-8-4-3-5-9-16)15-26-20-13-12-19(23)18(20)10-6-1-2-7-11-21(24)25/h3-5,8-9,17-20,22-23H,1-2,6-7,10-15H2,(H,24,25). The van der Waals surface area contributed by atoms with Crippen LogP contribution in [0.2, 0.25) is 0 Å². The Hall–Kier alpha value is -1.04. The van der Waals surface area contributed by atoms with Gasteiger partial charge in [-0.25, -0.2) is 0 Å². The molecule has 2 rings (SSSR count). The van der Waals surface area contributed by atoms with E-state index in [1.54, 1.807) is 0 Å². The summed E-state index contributed by atoms with van der Waals surface area (Å²) in [6.07, 6.45) is 7.01. The summed E-state index contributed by atoms with van der Waals surface area (Å²) in [4.78, 5) is 10.5. The van der Waals surface area contributed by atoms with E-state index in [4.69, 9.17) is 5.11 Å².